The summed E-state index contributed by atoms with van der Waals surface area (Å²) >= 11 is 3.36. The highest BCUT2D eigenvalue weighted by molar-refractivity contribution is 9.10. The number of nitrogens with zero attached hydrogens (tertiary/aromatic N) is 1. The van der Waals surface area contributed by atoms with E-state index < -0.39 is 9.84 Å². The van der Waals surface area contributed by atoms with Gasteiger partial charge in [-0.05, 0) is 25.2 Å². The molecule has 2 aliphatic heterocycles. The molecule has 4 nitrogen and oxygen atoms in total. The molecule has 2 atom stereocenters. The maximum atomic E-state index is 11.8. The van der Waals surface area contributed by atoms with Crippen LogP contribution in [-0.4, -0.2) is 48.6 Å². The van der Waals surface area contributed by atoms with Gasteiger partial charge in [-0.3, -0.25) is 4.79 Å². The highest BCUT2D eigenvalue weighted by Gasteiger charge is 2.33. The number of hydrogen-bond donors (Lipinski definition) is 0. The van der Waals surface area contributed by atoms with Crippen molar-refractivity contribution < 1.29 is 13.2 Å². The molecule has 0 aromatic rings. The minimum Gasteiger partial charge on any atom is -0.341 e. The van der Waals surface area contributed by atoms with Gasteiger partial charge >= 0.3 is 0 Å². The van der Waals surface area contributed by atoms with Crippen LogP contribution in [0, 0.1) is 5.92 Å². The summed E-state index contributed by atoms with van der Waals surface area (Å²) in [4.78, 5) is 13.5. The molecule has 0 saturated carbocycles. The minimum atomic E-state index is -2.83. The van der Waals surface area contributed by atoms with E-state index >= 15 is 0 Å². The van der Waals surface area contributed by atoms with Gasteiger partial charge in [0.05, 0.1) is 16.3 Å². The van der Waals surface area contributed by atoms with Gasteiger partial charge in [0.1, 0.15) is 0 Å². The molecule has 2 fully saturated rings. The number of piperidine rings is 1. The van der Waals surface area contributed by atoms with E-state index in [2.05, 4.69) is 15.9 Å². The van der Waals surface area contributed by atoms with Crippen LogP contribution in [0.3, 0.4) is 0 Å². The van der Waals surface area contributed by atoms with Gasteiger partial charge in [-0.15, -0.1) is 0 Å². The van der Waals surface area contributed by atoms with Crippen LogP contribution in [-0.2, 0) is 14.6 Å². The van der Waals surface area contributed by atoms with Gasteiger partial charge in [-0.1, -0.05) is 15.9 Å². The Bertz CT molecular complexity index is 382. The Labute approximate surface area is 104 Å². The second-order valence-electron chi connectivity index (χ2n) is 4.66. The average Bonchev–Trinajstić information content (AvgIpc) is 2.53. The van der Waals surface area contributed by atoms with Crippen LogP contribution in [0.1, 0.15) is 19.3 Å². The topological polar surface area (TPSA) is 54.5 Å². The summed E-state index contributed by atoms with van der Waals surface area (Å²) in [5.41, 5.74) is 0. The molecule has 0 aliphatic carbocycles. The van der Waals surface area contributed by atoms with Gasteiger partial charge in [-0.25, -0.2) is 8.42 Å². The number of hydrogen-bond acceptors (Lipinski definition) is 3. The summed E-state index contributed by atoms with van der Waals surface area (Å²) in [6.45, 7) is 1.39. The molecule has 0 aromatic carbocycles. The highest BCUT2D eigenvalue weighted by Crippen LogP contribution is 2.23. The summed E-state index contributed by atoms with van der Waals surface area (Å²) in [7, 11) is -2.83. The predicted octanol–water partition coefficient (Wildman–Crippen LogP) is 0.807. The summed E-state index contributed by atoms with van der Waals surface area (Å²) < 4.78 is 22.6. The summed E-state index contributed by atoms with van der Waals surface area (Å²) in [5.74, 6) is 0.809. The van der Waals surface area contributed by atoms with E-state index in [1.165, 1.54) is 0 Å². The molecular weight excluding hydrogens is 294 g/mol. The number of carbonyl (C=O) groups is 1. The fourth-order valence-corrected chi connectivity index (χ4v) is 4.86. The molecule has 0 radical (unpaired) electrons. The average molecular weight is 310 g/mol. The molecule has 0 aromatic heterocycles. The first-order valence-electron chi connectivity index (χ1n) is 5.61. The molecule has 2 unspecified atom stereocenters. The van der Waals surface area contributed by atoms with Gasteiger partial charge in [-0.2, -0.15) is 0 Å². The van der Waals surface area contributed by atoms with Crippen molar-refractivity contribution in [2.45, 2.75) is 24.1 Å². The van der Waals surface area contributed by atoms with E-state index in [1.54, 1.807) is 0 Å². The molecule has 2 rings (SSSR count). The van der Waals surface area contributed by atoms with E-state index in [9.17, 15) is 13.2 Å². The Hall–Kier alpha value is -0.100. The fraction of sp³-hybridized carbons (Fsp3) is 0.900. The summed E-state index contributed by atoms with van der Waals surface area (Å²) in [6, 6.07) is 0. The van der Waals surface area contributed by atoms with Crippen molar-refractivity contribution in [1.82, 2.24) is 4.90 Å². The molecule has 0 N–H and O–H groups in total. The van der Waals surface area contributed by atoms with Crippen LogP contribution in [0.4, 0.5) is 0 Å². The number of sulfone groups is 1. The smallest absolute Gasteiger partial charge is 0.236 e. The largest absolute Gasteiger partial charge is 0.341 e. The monoisotopic (exact) mass is 309 g/mol. The SMILES string of the molecule is O=C1C(Br)CCCN1CC1CCS(=O)(=O)C1. The van der Waals surface area contributed by atoms with E-state index in [-0.39, 0.29) is 28.2 Å². The maximum absolute atomic E-state index is 11.8. The van der Waals surface area contributed by atoms with Crippen LogP contribution in [0.25, 0.3) is 0 Å². The molecule has 2 saturated heterocycles. The summed E-state index contributed by atoms with van der Waals surface area (Å²) in [6.07, 6.45) is 2.60. The quantitative estimate of drug-likeness (QED) is 0.709. The van der Waals surface area contributed by atoms with Crippen LogP contribution >= 0.6 is 15.9 Å². The zero-order valence-corrected chi connectivity index (χ0v) is 11.5. The van der Waals surface area contributed by atoms with E-state index in [0.717, 1.165) is 19.4 Å². The lowest BCUT2D eigenvalue weighted by molar-refractivity contribution is -0.132. The van der Waals surface area contributed by atoms with Gasteiger partial charge in [0, 0.05) is 13.1 Å². The molecule has 6 heteroatoms. The van der Waals surface area contributed by atoms with Gasteiger partial charge < -0.3 is 4.90 Å². The molecule has 92 valence electrons. The number of alkyl halides is 1. The Balaban J connectivity index is 1.92. The van der Waals surface area contributed by atoms with Crippen molar-refractivity contribution in [2.75, 3.05) is 24.6 Å². The van der Waals surface area contributed by atoms with Crippen LogP contribution < -0.4 is 0 Å². The number of rotatable bonds is 2. The molecule has 0 bridgehead atoms. The molecule has 0 spiro atoms. The van der Waals surface area contributed by atoms with Crippen LogP contribution in [0.5, 0.6) is 0 Å². The number of amides is 1. The predicted molar refractivity (Wildman–Crippen MR) is 65.3 cm³/mol. The lowest BCUT2D eigenvalue weighted by atomic mass is 10.1. The van der Waals surface area contributed by atoms with Crippen molar-refractivity contribution in [3.8, 4) is 0 Å². The van der Waals surface area contributed by atoms with Crippen molar-refractivity contribution in [1.29, 1.82) is 0 Å². The first-order valence-corrected chi connectivity index (χ1v) is 8.35. The maximum Gasteiger partial charge on any atom is 0.236 e. The van der Waals surface area contributed by atoms with Crippen molar-refractivity contribution >= 4 is 31.7 Å². The number of carbonyl (C=O) groups excluding carboxylic acids is 1. The van der Waals surface area contributed by atoms with Crippen LogP contribution in [0.15, 0.2) is 0 Å². The van der Waals surface area contributed by atoms with Crippen molar-refractivity contribution in [2.24, 2.45) is 5.92 Å². The lowest BCUT2D eigenvalue weighted by Gasteiger charge is -2.31. The first kappa shape index (κ1) is 12.4. The third-order valence-electron chi connectivity index (χ3n) is 3.27. The highest BCUT2D eigenvalue weighted by atomic mass is 79.9. The van der Waals surface area contributed by atoms with Gasteiger partial charge in [0.25, 0.3) is 0 Å². The van der Waals surface area contributed by atoms with Crippen LogP contribution in [0.2, 0.25) is 0 Å². The molecular formula is C10H16BrNO3S. The Morgan fingerprint density at radius 2 is 2.12 bits per heavy atom. The van der Waals surface area contributed by atoms with Crippen molar-refractivity contribution in [3.63, 3.8) is 0 Å². The second-order valence-corrected chi connectivity index (χ2v) is 8.00. The van der Waals surface area contributed by atoms with E-state index in [0.29, 0.717) is 13.0 Å². The Kier molecular flexibility index (Phi) is 3.59. The van der Waals surface area contributed by atoms with Gasteiger partial charge in [0.15, 0.2) is 9.84 Å². The molecule has 2 heterocycles. The minimum absolute atomic E-state index is 0.0701. The zero-order chi connectivity index (χ0) is 11.8. The van der Waals surface area contributed by atoms with Crippen molar-refractivity contribution in [3.05, 3.63) is 0 Å². The zero-order valence-electron chi connectivity index (χ0n) is 9.06. The van der Waals surface area contributed by atoms with E-state index in [1.807, 2.05) is 4.90 Å². The standard InChI is InChI=1S/C10H16BrNO3S/c11-9-2-1-4-12(10(9)13)6-8-3-5-16(14,15)7-8/h8-9H,1-7H2. The third kappa shape index (κ3) is 2.77. The molecule has 1 amide bonds. The molecule has 16 heavy (non-hydrogen) atoms. The lowest BCUT2D eigenvalue weighted by Crippen LogP contribution is -2.44. The van der Waals surface area contributed by atoms with Gasteiger partial charge in [0.2, 0.25) is 5.91 Å². The molecule has 2 aliphatic rings. The number of halogens is 1. The summed E-state index contributed by atoms with van der Waals surface area (Å²) in [5, 5.41) is 0. The normalized spacial score (nSPS) is 34.3. The fourth-order valence-electron chi connectivity index (χ4n) is 2.40. The third-order valence-corrected chi connectivity index (χ3v) is 5.96. The second kappa shape index (κ2) is 4.64. The Morgan fingerprint density at radius 3 is 2.75 bits per heavy atom. The first-order chi connectivity index (χ1) is 7.48. The Morgan fingerprint density at radius 1 is 1.38 bits per heavy atom. The van der Waals surface area contributed by atoms with E-state index in [4.69, 9.17) is 0 Å². The number of likely N-dealkylation sites (tertiary alicyclic amines) is 1.